The Morgan fingerprint density at radius 1 is 0.962 bits per heavy atom. The molecule has 1 unspecified atom stereocenters. The lowest BCUT2D eigenvalue weighted by Gasteiger charge is -2.22. The number of ether oxygens (including phenoxy) is 6. The zero-order valence-electron chi connectivity index (χ0n) is 16.4. The van der Waals surface area contributed by atoms with Gasteiger partial charge in [-0.1, -0.05) is 0 Å². The lowest BCUT2D eigenvalue weighted by Crippen LogP contribution is -2.34. The lowest BCUT2D eigenvalue weighted by molar-refractivity contribution is -0.169. The summed E-state index contributed by atoms with van der Waals surface area (Å²) in [7, 11) is 0. The second-order valence-corrected chi connectivity index (χ2v) is 6.93. The largest absolute Gasteiger partial charge is 0.444 e. The Morgan fingerprint density at radius 2 is 1.58 bits per heavy atom. The molecule has 8 heteroatoms. The van der Waals surface area contributed by atoms with Crippen LogP contribution in [0.5, 0.6) is 0 Å². The first-order valence-corrected chi connectivity index (χ1v) is 9.40. The highest BCUT2D eigenvalue weighted by Crippen LogP contribution is 2.13. The van der Waals surface area contributed by atoms with Crippen molar-refractivity contribution in [2.45, 2.75) is 51.9 Å². The monoisotopic (exact) mass is 377 g/mol. The number of hydrogen-bond acceptors (Lipinski definition) is 7. The van der Waals surface area contributed by atoms with E-state index in [4.69, 9.17) is 28.4 Å². The van der Waals surface area contributed by atoms with E-state index in [0.29, 0.717) is 52.8 Å². The predicted octanol–water partition coefficient (Wildman–Crippen LogP) is 2.10. The fourth-order valence-electron chi connectivity index (χ4n) is 2.16. The van der Waals surface area contributed by atoms with Crippen molar-refractivity contribution in [1.29, 1.82) is 0 Å². The third-order valence-electron chi connectivity index (χ3n) is 3.33. The van der Waals surface area contributed by atoms with Crippen LogP contribution >= 0.6 is 0 Å². The van der Waals surface area contributed by atoms with Gasteiger partial charge in [0.2, 0.25) is 0 Å². The normalized spacial score (nSPS) is 17.9. The maximum absolute atomic E-state index is 11.4. The maximum atomic E-state index is 11.4. The van der Waals surface area contributed by atoms with Crippen LogP contribution in [0.2, 0.25) is 0 Å². The molecule has 1 aliphatic heterocycles. The van der Waals surface area contributed by atoms with Crippen molar-refractivity contribution in [2.75, 3.05) is 59.4 Å². The number of nitrogens with one attached hydrogen (secondary N) is 1. The minimum atomic E-state index is -0.489. The van der Waals surface area contributed by atoms with E-state index in [1.807, 2.05) is 20.8 Å². The molecule has 0 radical (unpaired) electrons. The fourth-order valence-corrected chi connectivity index (χ4v) is 2.16. The molecule has 1 amide bonds. The van der Waals surface area contributed by atoms with Crippen molar-refractivity contribution in [3.8, 4) is 0 Å². The van der Waals surface area contributed by atoms with Gasteiger partial charge in [-0.2, -0.15) is 0 Å². The van der Waals surface area contributed by atoms with Crippen molar-refractivity contribution in [3.05, 3.63) is 0 Å². The SMILES string of the molecule is CC(C)(C)OC(=O)NCCOCCOCCOCCOC1CCCCO1. The number of alkyl carbamates (subject to hydrolysis) is 1. The summed E-state index contributed by atoms with van der Waals surface area (Å²) in [5.74, 6) is 0. The van der Waals surface area contributed by atoms with E-state index in [9.17, 15) is 4.79 Å². The fraction of sp³-hybridized carbons (Fsp3) is 0.944. The Morgan fingerprint density at radius 3 is 2.15 bits per heavy atom. The van der Waals surface area contributed by atoms with Crippen LogP contribution in [0, 0.1) is 0 Å². The zero-order valence-corrected chi connectivity index (χ0v) is 16.4. The van der Waals surface area contributed by atoms with Crippen LogP contribution in [0.15, 0.2) is 0 Å². The molecule has 1 fully saturated rings. The van der Waals surface area contributed by atoms with Crippen LogP contribution in [0.25, 0.3) is 0 Å². The van der Waals surface area contributed by atoms with Gasteiger partial charge in [-0.05, 0) is 40.0 Å². The Bertz CT molecular complexity index is 354. The Kier molecular flexibility index (Phi) is 12.6. The summed E-state index contributed by atoms with van der Waals surface area (Å²) in [6.45, 7) is 10.2. The molecule has 26 heavy (non-hydrogen) atoms. The molecule has 0 saturated carbocycles. The number of rotatable bonds is 13. The van der Waals surface area contributed by atoms with E-state index in [1.54, 1.807) is 0 Å². The van der Waals surface area contributed by atoms with Gasteiger partial charge in [-0.3, -0.25) is 0 Å². The summed E-state index contributed by atoms with van der Waals surface area (Å²) in [6, 6.07) is 0. The van der Waals surface area contributed by atoms with Gasteiger partial charge >= 0.3 is 6.09 Å². The highest BCUT2D eigenvalue weighted by atomic mass is 16.7. The van der Waals surface area contributed by atoms with Crippen molar-refractivity contribution in [2.24, 2.45) is 0 Å². The van der Waals surface area contributed by atoms with Gasteiger partial charge in [0, 0.05) is 13.2 Å². The molecule has 0 aliphatic carbocycles. The number of hydrogen-bond donors (Lipinski definition) is 1. The molecule has 0 aromatic rings. The summed E-state index contributed by atoms with van der Waals surface area (Å²) < 4.78 is 32.3. The van der Waals surface area contributed by atoms with Gasteiger partial charge in [-0.15, -0.1) is 0 Å². The van der Waals surface area contributed by atoms with Crippen LogP contribution in [-0.4, -0.2) is 77.4 Å². The van der Waals surface area contributed by atoms with Crippen LogP contribution in [-0.2, 0) is 28.4 Å². The summed E-state index contributed by atoms with van der Waals surface area (Å²) in [4.78, 5) is 11.4. The molecule has 8 nitrogen and oxygen atoms in total. The Balaban J connectivity index is 1.75. The first-order chi connectivity index (χ1) is 12.5. The summed E-state index contributed by atoms with van der Waals surface area (Å²) in [5, 5.41) is 2.63. The average Bonchev–Trinajstić information content (AvgIpc) is 2.58. The smallest absolute Gasteiger partial charge is 0.407 e. The molecular formula is C18H35NO7. The number of carbonyl (C=O) groups excluding carboxylic acids is 1. The molecule has 0 spiro atoms. The highest BCUT2D eigenvalue weighted by Gasteiger charge is 2.15. The van der Waals surface area contributed by atoms with E-state index in [-0.39, 0.29) is 6.29 Å². The second-order valence-electron chi connectivity index (χ2n) is 6.93. The van der Waals surface area contributed by atoms with Gasteiger partial charge < -0.3 is 33.7 Å². The van der Waals surface area contributed by atoms with E-state index in [2.05, 4.69) is 5.32 Å². The first kappa shape index (κ1) is 23.1. The second kappa shape index (κ2) is 14.2. The molecule has 154 valence electrons. The molecule has 0 bridgehead atoms. The van der Waals surface area contributed by atoms with Crippen molar-refractivity contribution in [3.63, 3.8) is 0 Å². The summed E-state index contributed by atoms with van der Waals surface area (Å²) >= 11 is 0. The summed E-state index contributed by atoms with van der Waals surface area (Å²) in [6.07, 6.45) is 2.76. The van der Waals surface area contributed by atoms with E-state index < -0.39 is 11.7 Å². The van der Waals surface area contributed by atoms with Crippen molar-refractivity contribution < 1.29 is 33.2 Å². The van der Waals surface area contributed by atoms with E-state index in [1.165, 1.54) is 6.42 Å². The van der Waals surface area contributed by atoms with Crippen LogP contribution in [0.4, 0.5) is 4.79 Å². The average molecular weight is 377 g/mol. The minimum absolute atomic E-state index is 0.0643. The molecule has 1 saturated heterocycles. The predicted molar refractivity (Wildman–Crippen MR) is 96.2 cm³/mol. The minimum Gasteiger partial charge on any atom is -0.444 e. The van der Waals surface area contributed by atoms with Crippen molar-refractivity contribution in [1.82, 2.24) is 5.32 Å². The molecule has 1 aliphatic rings. The molecule has 1 heterocycles. The molecular weight excluding hydrogens is 342 g/mol. The molecule has 1 rings (SSSR count). The van der Waals surface area contributed by atoms with Crippen LogP contribution in [0.3, 0.4) is 0 Å². The number of carbonyl (C=O) groups is 1. The first-order valence-electron chi connectivity index (χ1n) is 9.40. The van der Waals surface area contributed by atoms with E-state index in [0.717, 1.165) is 19.4 Å². The van der Waals surface area contributed by atoms with Gasteiger partial charge in [-0.25, -0.2) is 4.79 Å². The number of amides is 1. The molecule has 0 aromatic carbocycles. The van der Waals surface area contributed by atoms with Gasteiger partial charge in [0.05, 0.1) is 46.2 Å². The van der Waals surface area contributed by atoms with Crippen LogP contribution < -0.4 is 5.32 Å². The van der Waals surface area contributed by atoms with Crippen LogP contribution in [0.1, 0.15) is 40.0 Å². The Hall–Kier alpha value is -0.930. The lowest BCUT2D eigenvalue weighted by atomic mass is 10.2. The maximum Gasteiger partial charge on any atom is 0.407 e. The zero-order chi connectivity index (χ0) is 19.1. The quantitative estimate of drug-likeness (QED) is 0.492. The molecule has 0 aromatic heterocycles. The van der Waals surface area contributed by atoms with Crippen molar-refractivity contribution >= 4 is 6.09 Å². The third kappa shape index (κ3) is 14.3. The highest BCUT2D eigenvalue weighted by molar-refractivity contribution is 5.67. The standard InChI is InChI=1S/C18H35NO7/c1-18(2,3)26-17(20)19-7-9-21-10-11-22-12-13-23-14-15-25-16-6-4-5-8-24-16/h16H,4-15H2,1-3H3,(H,19,20). The van der Waals surface area contributed by atoms with Gasteiger partial charge in [0.1, 0.15) is 5.60 Å². The van der Waals surface area contributed by atoms with Gasteiger partial charge in [0.15, 0.2) is 6.29 Å². The third-order valence-corrected chi connectivity index (χ3v) is 3.33. The molecule has 1 N–H and O–H groups in total. The summed E-state index contributed by atoms with van der Waals surface area (Å²) in [5.41, 5.74) is -0.489. The Labute approximate surface area is 156 Å². The molecule has 1 atom stereocenters. The van der Waals surface area contributed by atoms with E-state index >= 15 is 0 Å². The van der Waals surface area contributed by atoms with Gasteiger partial charge in [0.25, 0.3) is 0 Å². The topological polar surface area (TPSA) is 84.5 Å².